The van der Waals surface area contributed by atoms with Crippen LogP contribution in [-0.2, 0) is 10.8 Å². The summed E-state index contributed by atoms with van der Waals surface area (Å²) in [5.74, 6) is 1.25. The zero-order chi connectivity index (χ0) is 57.9. The zero-order valence-corrected chi connectivity index (χ0v) is 38.7. The number of ether oxygens (including phenoxy) is 1. The molecule has 0 spiro atoms. The van der Waals surface area contributed by atoms with E-state index in [4.69, 9.17) is 19.8 Å². The third-order valence-electron chi connectivity index (χ3n) is 12.7. The average Bonchev–Trinajstić information content (AvgIpc) is 3.01. The van der Waals surface area contributed by atoms with E-state index in [9.17, 15) is 2.74 Å². The van der Waals surface area contributed by atoms with Crippen molar-refractivity contribution in [3.63, 3.8) is 0 Å². The summed E-state index contributed by atoms with van der Waals surface area (Å²) in [7, 11) is 0. The Morgan fingerprint density at radius 3 is 1.90 bits per heavy atom. The van der Waals surface area contributed by atoms with E-state index >= 15 is 0 Å². The third kappa shape index (κ3) is 7.88. The quantitative estimate of drug-likeness (QED) is 0.152. The largest absolute Gasteiger partial charge is 0.457 e. The maximum absolute atomic E-state index is 9.25. The summed E-state index contributed by atoms with van der Waals surface area (Å²) in [4.78, 5) is 8.93. The molecular weight excluding hydrogens is 829 g/mol. The first-order valence-electron chi connectivity index (χ1n) is 29.1. The SMILES string of the molecule is [2H]c1c([2H])c([2H])c(-c2ccc3c(c2)c2ccc(Oc4cccc(N5CN(c6c(-c7cc(C(C)(C)C)cc(C(C)(C)C)c7)cccc6-c6c([2H])c([2H])c([2H])c([2H])c6[2H])c6ccccc65)c4)cc2n3-c2cc(C([2H])([2H])[2H])ccn2)c([2H])c1[2H]. The summed E-state index contributed by atoms with van der Waals surface area (Å²) in [6.45, 7) is 10.9. The highest BCUT2D eigenvalue weighted by Gasteiger charge is 2.32. The van der Waals surface area contributed by atoms with Crippen LogP contribution in [-0.4, -0.2) is 16.2 Å². The standard InChI is InChI=1S/C63H56N4O/c1-42-32-33-64-60(34-42)67-56-31-28-45(43-18-10-8-11-19-43)37-55(56)54-30-29-51(40-59(54)67)68-50-23-16-22-49(39-50)65-41-66(58-27-15-14-26-57(58)65)61-52(44-20-12-9-13-21-44)24-17-25-53(61)46-35-47(62(2,3)4)38-48(36-46)63(5,6)7/h8-40H,41H2,1-7H3/i1D3,8D,9D,10D,11D,12D,13D,18D,19D,20D,21D. The lowest BCUT2D eigenvalue weighted by Gasteiger charge is -2.29. The van der Waals surface area contributed by atoms with Gasteiger partial charge in [0.1, 0.15) is 24.0 Å². The van der Waals surface area contributed by atoms with Crippen molar-refractivity contribution in [2.75, 3.05) is 16.5 Å². The van der Waals surface area contributed by atoms with Gasteiger partial charge in [-0.2, -0.15) is 0 Å². The van der Waals surface area contributed by atoms with Crippen molar-refractivity contribution in [2.45, 2.75) is 59.2 Å². The van der Waals surface area contributed by atoms with Gasteiger partial charge < -0.3 is 14.5 Å². The predicted molar refractivity (Wildman–Crippen MR) is 286 cm³/mol. The summed E-state index contributed by atoms with van der Waals surface area (Å²) in [6.07, 6.45) is 1.45. The fraction of sp³-hybridized carbons (Fsp3) is 0.159. The highest BCUT2D eigenvalue weighted by atomic mass is 16.5. The van der Waals surface area contributed by atoms with Crippen LogP contribution in [0.15, 0.2) is 200 Å². The Bertz CT molecular complexity index is 4140. The number of anilines is 4. The van der Waals surface area contributed by atoms with E-state index in [2.05, 4.69) is 74.5 Å². The molecule has 3 heterocycles. The minimum Gasteiger partial charge on any atom is -0.457 e. The van der Waals surface area contributed by atoms with E-state index in [1.165, 1.54) is 18.3 Å². The van der Waals surface area contributed by atoms with Gasteiger partial charge >= 0.3 is 0 Å². The minimum atomic E-state index is -2.43. The van der Waals surface area contributed by atoms with Gasteiger partial charge in [0.05, 0.1) is 41.8 Å². The monoisotopic (exact) mass is 898 g/mol. The highest BCUT2D eigenvalue weighted by molar-refractivity contribution is 6.11. The Kier molecular flexibility index (Phi) is 7.50. The summed E-state index contributed by atoms with van der Waals surface area (Å²) >= 11 is 0. The lowest BCUT2D eigenvalue weighted by Crippen LogP contribution is -2.25. The number of hydrogen-bond donors (Lipinski definition) is 0. The molecule has 5 heteroatoms. The van der Waals surface area contributed by atoms with Crippen LogP contribution in [0.1, 0.15) is 76.1 Å². The number of para-hydroxylation sites is 3. The van der Waals surface area contributed by atoms with Gasteiger partial charge in [-0.3, -0.25) is 4.57 Å². The topological polar surface area (TPSA) is 33.5 Å². The number of aryl methyl sites for hydroxylation is 1. The van der Waals surface area contributed by atoms with E-state index in [1.807, 2.05) is 89.5 Å². The fourth-order valence-electron chi connectivity index (χ4n) is 9.18. The van der Waals surface area contributed by atoms with Crippen molar-refractivity contribution in [1.29, 1.82) is 0 Å². The molecule has 0 atom stereocenters. The van der Waals surface area contributed by atoms with Gasteiger partial charge in [-0.05, 0) is 117 Å². The van der Waals surface area contributed by atoms with Crippen LogP contribution in [0.3, 0.4) is 0 Å². The number of nitrogens with zero attached hydrogens (tertiary/aromatic N) is 4. The van der Waals surface area contributed by atoms with Crippen molar-refractivity contribution in [1.82, 2.24) is 9.55 Å². The summed E-state index contributed by atoms with van der Waals surface area (Å²) in [5.41, 5.74) is 9.05. The molecule has 68 heavy (non-hydrogen) atoms. The van der Waals surface area contributed by atoms with Crippen LogP contribution in [0.4, 0.5) is 22.7 Å². The molecule has 1 aliphatic heterocycles. The first-order valence-corrected chi connectivity index (χ1v) is 22.6. The first kappa shape index (κ1) is 30.4. The molecule has 11 rings (SSSR count). The molecule has 5 nitrogen and oxygen atoms in total. The number of benzene rings is 8. The minimum absolute atomic E-state index is 0.0502. The highest BCUT2D eigenvalue weighted by Crippen LogP contribution is 2.51. The Morgan fingerprint density at radius 2 is 1.19 bits per heavy atom. The van der Waals surface area contributed by atoms with E-state index in [0.717, 1.165) is 39.3 Å². The van der Waals surface area contributed by atoms with E-state index in [-0.39, 0.29) is 58.4 Å². The Labute approximate surface area is 418 Å². The van der Waals surface area contributed by atoms with Gasteiger partial charge in [-0.25, -0.2) is 4.98 Å². The lowest BCUT2D eigenvalue weighted by molar-refractivity contribution is 0.483. The van der Waals surface area contributed by atoms with E-state index < -0.39 is 43.1 Å². The van der Waals surface area contributed by atoms with Gasteiger partial charge in [0.2, 0.25) is 0 Å². The van der Waals surface area contributed by atoms with Crippen LogP contribution >= 0.6 is 0 Å². The van der Waals surface area contributed by atoms with Crippen LogP contribution in [0, 0.1) is 6.85 Å². The van der Waals surface area contributed by atoms with Crippen molar-refractivity contribution in [3.8, 4) is 50.7 Å². The van der Waals surface area contributed by atoms with Crippen LogP contribution in [0.2, 0.25) is 0 Å². The normalized spacial score (nSPS) is 15.7. The molecule has 334 valence electrons. The molecule has 0 amide bonds. The predicted octanol–water partition coefficient (Wildman–Crippen LogP) is 17.1. The number of aromatic nitrogens is 2. The van der Waals surface area contributed by atoms with Gasteiger partial charge in [-0.15, -0.1) is 0 Å². The molecule has 2 aromatic heterocycles. The fourth-order valence-corrected chi connectivity index (χ4v) is 9.18. The van der Waals surface area contributed by atoms with Crippen molar-refractivity contribution >= 4 is 44.6 Å². The molecule has 10 aromatic rings. The molecule has 0 saturated heterocycles. The molecule has 8 aromatic carbocycles. The van der Waals surface area contributed by atoms with Gasteiger partial charge in [0.25, 0.3) is 0 Å². The number of fused-ring (bicyclic) bond motifs is 4. The second-order valence-corrected chi connectivity index (χ2v) is 19.2. The molecule has 0 unspecified atom stereocenters. The van der Waals surface area contributed by atoms with Crippen molar-refractivity contribution in [2.24, 2.45) is 0 Å². The third-order valence-corrected chi connectivity index (χ3v) is 12.7. The molecule has 1 aliphatic rings. The summed E-state index contributed by atoms with van der Waals surface area (Å²) in [5, 5.41) is 1.37. The van der Waals surface area contributed by atoms with Gasteiger partial charge in [-0.1, -0.05) is 163 Å². The number of rotatable bonds is 8. The lowest BCUT2D eigenvalue weighted by atomic mass is 9.78. The molecular formula is C63H56N4O. The van der Waals surface area contributed by atoms with Gasteiger partial charge in [0, 0.05) is 50.0 Å². The maximum atomic E-state index is 9.25. The van der Waals surface area contributed by atoms with E-state index in [1.54, 1.807) is 18.2 Å². The molecule has 0 bridgehead atoms. The van der Waals surface area contributed by atoms with Crippen LogP contribution < -0.4 is 14.5 Å². The molecule has 0 radical (unpaired) electrons. The number of pyridine rings is 1. The number of hydrogen-bond acceptors (Lipinski definition) is 4. The smallest absolute Gasteiger partial charge is 0.137 e. The van der Waals surface area contributed by atoms with E-state index in [0.29, 0.717) is 55.9 Å². The maximum Gasteiger partial charge on any atom is 0.137 e. The van der Waals surface area contributed by atoms with Crippen molar-refractivity contribution in [3.05, 3.63) is 217 Å². The molecule has 0 fully saturated rings. The average molecular weight is 898 g/mol. The second kappa shape index (κ2) is 16.8. The van der Waals surface area contributed by atoms with Crippen molar-refractivity contribution < 1.29 is 22.6 Å². The zero-order valence-electron chi connectivity index (χ0n) is 51.7. The van der Waals surface area contributed by atoms with Crippen LogP contribution in [0.5, 0.6) is 11.5 Å². The van der Waals surface area contributed by atoms with Gasteiger partial charge in [0.15, 0.2) is 0 Å². The molecule has 0 aliphatic carbocycles. The second-order valence-electron chi connectivity index (χ2n) is 19.2. The molecule has 0 saturated carbocycles. The Morgan fingerprint density at radius 1 is 0.529 bits per heavy atom. The first-order chi connectivity index (χ1) is 38.2. The Balaban J connectivity index is 1.04. The summed E-state index contributed by atoms with van der Waals surface area (Å²) < 4.78 is 120. The Hall–Kier alpha value is -7.89. The summed E-state index contributed by atoms with van der Waals surface area (Å²) in [6, 6.07) is 37.8. The molecule has 0 N–H and O–H groups in total. The van der Waals surface area contributed by atoms with Crippen LogP contribution in [0.25, 0.3) is 61.0 Å².